The molecule has 1 aromatic rings. The van der Waals surface area contributed by atoms with E-state index in [4.69, 9.17) is 10.00 Å². The molecule has 0 aliphatic carbocycles. The van der Waals surface area contributed by atoms with Crippen LogP contribution < -0.4 is 0 Å². The topological polar surface area (TPSA) is 33.0 Å². The first-order valence-corrected chi connectivity index (χ1v) is 5.69. The Morgan fingerprint density at radius 3 is 2.65 bits per heavy atom. The van der Waals surface area contributed by atoms with Gasteiger partial charge in [-0.2, -0.15) is 5.26 Å². The molecule has 17 heavy (non-hydrogen) atoms. The zero-order valence-corrected chi connectivity index (χ0v) is 10.6. The number of halogens is 1. The first-order chi connectivity index (χ1) is 7.92. The Morgan fingerprint density at radius 1 is 1.35 bits per heavy atom. The van der Waals surface area contributed by atoms with E-state index in [-0.39, 0.29) is 11.0 Å². The molecule has 0 saturated carbocycles. The van der Waals surface area contributed by atoms with Gasteiger partial charge >= 0.3 is 0 Å². The van der Waals surface area contributed by atoms with E-state index in [0.29, 0.717) is 13.2 Å². The van der Waals surface area contributed by atoms with E-state index in [9.17, 15) is 4.39 Å². The summed E-state index contributed by atoms with van der Waals surface area (Å²) >= 11 is 0. The Hall–Kier alpha value is -1.40. The van der Waals surface area contributed by atoms with Crippen LogP contribution in [0, 0.1) is 22.6 Å². The second-order valence-corrected chi connectivity index (χ2v) is 5.29. The number of hydrogen-bond acceptors (Lipinski definition) is 2. The van der Waals surface area contributed by atoms with Crippen LogP contribution in [0.5, 0.6) is 0 Å². The maximum Gasteiger partial charge on any atom is 0.140 e. The van der Waals surface area contributed by atoms with Crippen molar-refractivity contribution in [3.8, 4) is 6.07 Å². The Balaban J connectivity index is 2.45. The molecule has 0 fully saturated rings. The molecule has 3 heteroatoms. The number of ether oxygens (including phenoxy) is 1. The number of nitrogens with zero attached hydrogens (tertiary/aromatic N) is 1. The molecule has 0 saturated heterocycles. The van der Waals surface area contributed by atoms with Crippen molar-refractivity contribution < 1.29 is 9.13 Å². The fourth-order valence-corrected chi connectivity index (χ4v) is 1.32. The van der Waals surface area contributed by atoms with Crippen molar-refractivity contribution >= 4 is 0 Å². The molecule has 0 atom stereocenters. The van der Waals surface area contributed by atoms with Crippen molar-refractivity contribution in [3.63, 3.8) is 0 Å². The second kappa shape index (κ2) is 5.79. The maximum absolute atomic E-state index is 13.1. The van der Waals surface area contributed by atoms with Gasteiger partial charge in [0.2, 0.25) is 0 Å². The molecule has 2 nitrogen and oxygen atoms in total. The maximum atomic E-state index is 13.1. The zero-order valence-electron chi connectivity index (χ0n) is 10.6. The van der Waals surface area contributed by atoms with E-state index in [1.54, 1.807) is 6.07 Å². The third kappa shape index (κ3) is 4.97. The fourth-order valence-electron chi connectivity index (χ4n) is 1.32. The number of hydrogen-bond donors (Lipinski definition) is 0. The van der Waals surface area contributed by atoms with Crippen LogP contribution in [0.15, 0.2) is 18.2 Å². The molecule has 0 aromatic heterocycles. The zero-order chi connectivity index (χ0) is 12.9. The molecule has 0 unspecified atom stereocenters. The summed E-state index contributed by atoms with van der Waals surface area (Å²) < 4.78 is 18.6. The predicted molar refractivity (Wildman–Crippen MR) is 64.8 cm³/mol. The third-order valence-corrected chi connectivity index (χ3v) is 2.42. The summed E-state index contributed by atoms with van der Waals surface area (Å²) in [7, 11) is 0. The standard InChI is InChI=1S/C14H18FNO/c1-14(2,3)6-7-17-10-11-4-5-13(15)12(8-11)9-16/h4-5,8H,6-7,10H2,1-3H3. The van der Waals surface area contributed by atoms with E-state index >= 15 is 0 Å². The summed E-state index contributed by atoms with van der Waals surface area (Å²) in [6.45, 7) is 7.56. The van der Waals surface area contributed by atoms with Crippen LogP contribution in [0.4, 0.5) is 4.39 Å². The molecule has 0 spiro atoms. The molecule has 0 aliphatic rings. The first-order valence-electron chi connectivity index (χ1n) is 5.69. The molecule has 0 amide bonds. The minimum absolute atomic E-state index is 0.0712. The number of benzene rings is 1. The summed E-state index contributed by atoms with van der Waals surface area (Å²) in [5.41, 5.74) is 1.15. The van der Waals surface area contributed by atoms with Gasteiger partial charge in [0.15, 0.2) is 0 Å². The van der Waals surface area contributed by atoms with Crippen molar-refractivity contribution in [2.75, 3.05) is 6.61 Å². The Labute approximate surface area is 102 Å². The highest BCUT2D eigenvalue weighted by atomic mass is 19.1. The van der Waals surface area contributed by atoms with Crippen LogP contribution in [0.1, 0.15) is 38.3 Å². The molecule has 0 radical (unpaired) electrons. The first kappa shape index (κ1) is 13.7. The molecule has 1 aromatic carbocycles. The Bertz CT molecular complexity index is 415. The van der Waals surface area contributed by atoms with Crippen LogP contribution in [-0.2, 0) is 11.3 Å². The van der Waals surface area contributed by atoms with E-state index < -0.39 is 5.82 Å². The van der Waals surface area contributed by atoms with Crippen LogP contribution in [-0.4, -0.2) is 6.61 Å². The van der Waals surface area contributed by atoms with Gasteiger partial charge < -0.3 is 4.74 Å². The van der Waals surface area contributed by atoms with Gasteiger partial charge in [-0.05, 0) is 29.5 Å². The van der Waals surface area contributed by atoms with Crippen LogP contribution in [0.25, 0.3) is 0 Å². The Kier molecular flexibility index (Phi) is 4.65. The van der Waals surface area contributed by atoms with Crippen LogP contribution >= 0.6 is 0 Å². The molecule has 92 valence electrons. The minimum atomic E-state index is -0.481. The largest absolute Gasteiger partial charge is 0.377 e. The summed E-state index contributed by atoms with van der Waals surface area (Å²) in [6.07, 6.45) is 0.972. The van der Waals surface area contributed by atoms with Gasteiger partial charge in [0.05, 0.1) is 12.2 Å². The highest BCUT2D eigenvalue weighted by Crippen LogP contribution is 2.18. The van der Waals surface area contributed by atoms with E-state index in [2.05, 4.69) is 20.8 Å². The summed E-state index contributed by atoms with van der Waals surface area (Å²) in [4.78, 5) is 0. The average Bonchev–Trinajstić information content (AvgIpc) is 2.25. The van der Waals surface area contributed by atoms with Crippen LogP contribution in [0.2, 0.25) is 0 Å². The Morgan fingerprint density at radius 2 is 2.06 bits per heavy atom. The summed E-state index contributed by atoms with van der Waals surface area (Å²) in [5, 5.41) is 8.69. The van der Waals surface area contributed by atoms with Crippen molar-refractivity contribution in [3.05, 3.63) is 35.1 Å². The molecule has 0 aliphatic heterocycles. The molecule has 0 heterocycles. The SMILES string of the molecule is CC(C)(C)CCOCc1ccc(F)c(C#N)c1. The minimum Gasteiger partial charge on any atom is -0.377 e. The van der Waals surface area contributed by atoms with Gasteiger partial charge in [-0.1, -0.05) is 26.8 Å². The fraction of sp³-hybridized carbons (Fsp3) is 0.500. The lowest BCUT2D eigenvalue weighted by atomic mass is 9.93. The third-order valence-electron chi connectivity index (χ3n) is 2.42. The van der Waals surface area contributed by atoms with Gasteiger partial charge in [0, 0.05) is 6.61 Å². The lowest BCUT2D eigenvalue weighted by Crippen LogP contribution is -2.09. The monoisotopic (exact) mass is 235 g/mol. The normalized spacial score (nSPS) is 11.2. The molecule has 1 rings (SSSR count). The van der Waals surface area contributed by atoms with E-state index in [1.807, 2.05) is 6.07 Å². The summed E-state index contributed by atoms with van der Waals surface area (Å²) in [5.74, 6) is -0.481. The van der Waals surface area contributed by atoms with Crippen molar-refractivity contribution in [2.24, 2.45) is 5.41 Å². The highest BCUT2D eigenvalue weighted by molar-refractivity contribution is 5.34. The second-order valence-electron chi connectivity index (χ2n) is 5.29. The van der Waals surface area contributed by atoms with E-state index in [0.717, 1.165) is 12.0 Å². The quantitative estimate of drug-likeness (QED) is 0.746. The lowest BCUT2D eigenvalue weighted by Gasteiger charge is -2.17. The van der Waals surface area contributed by atoms with Gasteiger partial charge in [-0.3, -0.25) is 0 Å². The van der Waals surface area contributed by atoms with Crippen LogP contribution in [0.3, 0.4) is 0 Å². The van der Waals surface area contributed by atoms with Crippen molar-refractivity contribution in [1.82, 2.24) is 0 Å². The van der Waals surface area contributed by atoms with E-state index in [1.165, 1.54) is 12.1 Å². The van der Waals surface area contributed by atoms with Gasteiger partial charge in [-0.25, -0.2) is 4.39 Å². The summed E-state index contributed by atoms with van der Waals surface area (Å²) in [6, 6.07) is 6.31. The van der Waals surface area contributed by atoms with Gasteiger partial charge in [-0.15, -0.1) is 0 Å². The average molecular weight is 235 g/mol. The molecule has 0 bridgehead atoms. The molecular formula is C14H18FNO. The number of rotatable bonds is 4. The van der Waals surface area contributed by atoms with Crippen molar-refractivity contribution in [2.45, 2.75) is 33.8 Å². The highest BCUT2D eigenvalue weighted by Gasteiger charge is 2.09. The molecular weight excluding hydrogens is 217 g/mol. The lowest BCUT2D eigenvalue weighted by molar-refractivity contribution is 0.0962. The van der Waals surface area contributed by atoms with Crippen molar-refractivity contribution in [1.29, 1.82) is 5.26 Å². The predicted octanol–water partition coefficient (Wildman–Crippen LogP) is 3.65. The molecule has 0 N–H and O–H groups in total. The smallest absolute Gasteiger partial charge is 0.140 e. The number of nitriles is 1. The van der Waals surface area contributed by atoms with Gasteiger partial charge in [0.1, 0.15) is 11.9 Å². The van der Waals surface area contributed by atoms with Gasteiger partial charge in [0.25, 0.3) is 0 Å².